The summed E-state index contributed by atoms with van der Waals surface area (Å²) in [6.07, 6.45) is 3.67. The quantitative estimate of drug-likeness (QED) is 0.755. The summed E-state index contributed by atoms with van der Waals surface area (Å²) in [5.74, 6) is 0.676. The number of para-hydroxylation sites is 1. The van der Waals surface area contributed by atoms with Crippen LogP contribution in [0.5, 0.6) is 5.88 Å². The van der Waals surface area contributed by atoms with Crippen LogP contribution in [0.3, 0.4) is 0 Å². The van der Waals surface area contributed by atoms with Gasteiger partial charge < -0.3 is 10.1 Å². The van der Waals surface area contributed by atoms with Gasteiger partial charge >= 0.3 is 0 Å². The Morgan fingerprint density at radius 1 is 1.21 bits per heavy atom. The van der Waals surface area contributed by atoms with Gasteiger partial charge in [0.15, 0.2) is 12.4 Å². The first-order valence-electron chi connectivity index (χ1n) is 7.73. The smallest absolute Gasteiger partial charge is 0.263 e. The molecule has 7 nitrogen and oxygen atoms in total. The minimum atomic E-state index is -0.273. The van der Waals surface area contributed by atoms with Gasteiger partial charge in [-0.3, -0.25) is 9.48 Å². The summed E-state index contributed by atoms with van der Waals surface area (Å²) in [6, 6.07) is 11.5. The Bertz CT molecular complexity index is 823. The first-order valence-corrected chi connectivity index (χ1v) is 7.73. The molecule has 3 aromatic rings. The van der Waals surface area contributed by atoms with Gasteiger partial charge in [0.05, 0.1) is 5.69 Å². The third-order valence-corrected chi connectivity index (χ3v) is 3.44. The molecule has 0 saturated heterocycles. The second-order valence-electron chi connectivity index (χ2n) is 5.29. The van der Waals surface area contributed by atoms with Crippen molar-refractivity contribution in [2.24, 2.45) is 0 Å². The number of aryl methyl sites for hydroxylation is 2. The lowest BCUT2D eigenvalue weighted by molar-refractivity contribution is -0.118. The van der Waals surface area contributed by atoms with E-state index in [1.165, 1.54) is 0 Å². The molecule has 0 atom stereocenters. The molecule has 0 fully saturated rings. The van der Waals surface area contributed by atoms with Gasteiger partial charge in [-0.1, -0.05) is 18.2 Å². The van der Waals surface area contributed by atoms with Gasteiger partial charge in [-0.05, 0) is 26.0 Å². The number of hydrogen-bond acceptors (Lipinski definition) is 4. The highest BCUT2D eigenvalue weighted by atomic mass is 16.5. The van der Waals surface area contributed by atoms with E-state index in [0.29, 0.717) is 11.7 Å². The van der Waals surface area contributed by atoms with Crippen LogP contribution in [0.4, 0.5) is 5.82 Å². The van der Waals surface area contributed by atoms with Gasteiger partial charge in [0.25, 0.3) is 5.91 Å². The van der Waals surface area contributed by atoms with Crippen LogP contribution in [-0.2, 0) is 11.3 Å². The number of aromatic nitrogens is 4. The molecular weight excluding hydrogens is 306 g/mol. The monoisotopic (exact) mass is 325 g/mol. The van der Waals surface area contributed by atoms with E-state index in [9.17, 15) is 4.79 Å². The summed E-state index contributed by atoms with van der Waals surface area (Å²) in [4.78, 5) is 12.0. The fourth-order valence-electron chi connectivity index (χ4n) is 2.22. The van der Waals surface area contributed by atoms with Crippen molar-refractivity contribution in [2.75, 3.05) is 11.9 Å². The lowest BCUT2D eigenvalue weighted by atomic mass is 10.3. The Hall–Kier alpha value is -3.09. The molecule has 0 unspecified atom stereocenters. The van der Waals surface area contributed by atoms with E-state index in [1.54, 1.807) is 15.4 Å². The van der Waals surface area contributed by atoms with Crippen molar-refractivity contribution in [1.29, 1.82) is 0 Å². The molecule has 2 heterocycles. The number of hydrogen-bond donors (Lipinski definition) is 1. The fourth-order valence-corrected chi connectivity index (χ4v) is 2.22. The third-order valence-electron chi connectivity index (χ3n) is 3.44. The molecule has 1 aromatic carbocycles. The second-order valence-corrected chi connectivity index (χ2v) is 5.29. The molecule has 0 aliphatic rings. The number of carbonyl (C=O) groups is 1. The van der Waals surface area contributed by atoms with Crippen LogP contribution in [0.15, 0.2) is 48.8 Å². The van der Waals surface area contributed by atoms with Crippen LogP contribution in [0, 0.1) is 6.92 Å². The molecule has 0 bridgehead atoms. The van der Waals surface area contributed by atoms with Crippen LogP contribution in [0.1, 0.15) is 12.5 Å². The number of benzene rings is 1. The minimum absolute atomic E-state index is 0.119. The highest BCUT2D eigenvalue weighted by molar-refractivity contribution is 5.90. The maximum absolute atomic E-state index is 12.0. The van der Waals surface area contributed by atoms with Crippen LogP contribution < -0.4 is 10.1 Å². The molecule has 0 spiro atoms. The van der Waals surface area contributed by atoms with Gasteiger partial charge in [-0.2, -0.15) is 5.10 Å². The molecule has 0 aliphatic carbocycles. The summed E-state index contributed by atoms with van der Waals surface area (Å²) >= 11 is 0. The topological polar surface area (TPSA) is 74.0 Å². The maximum Gasteiger partial charge on any atom is 0.263 e. The van der Waals surface area contributed by atoms with Gasteiger partial charge in [0.1, 0.15) is 0 Å². The Kier molecular flexibility index (Phi) is 4.60. The number of rotatable bonds is 6. The van der Waals surface area contributed by atoms with Gasteiger partial charge in [0, 0.05) is 30.6 Å². The van der Waals surface area contributed by atoms with Crippen molar-refractivity contribution in [1.82, 2.24) is 19.6 Å². The van der Waals surface area contributed by atoms with Gasteiger partial charge in [-0.25, -0.2) is 4.68 Å². The molecule has 124 valence electrons. The number of nitrogens with zero attached hydrogens (tertiary/aromatic N) is 4. The van der Waals surface area contributed by atoms with E-state index in [-0.39, 0.29) is 12.5 Å². The number of nitrogens with one attached hydrogen (secondary N) is 1. The zero-order valence-corrected chi connectivity index (χ0v) is 13.6. The first-order chi connectivity index (χ1) is 11.7. The van der Waals surface area contributed by atoms with Crippen LogP contribution >= 0.6 is 0 Å². The van der Waals surface area contributed by atoms with Crippen LogP contribution in [-0.4, -0.2) is 32.1 Å². The molecule has 2 aromatic heterocycles. The normalized spacial score (nSPS) is 10.6. The third kappa shape index (κ3) is 3.62. The largest absolute Gasteiger partial charge is 0.466 e. The van der Waals surface area contributed by atoms with Gasteiger partial charge in [-0.15, -0.1) is 5.10 Å². The zero-order valence-electron chi connectivity index (χ0n) is 13.6. The van der Waals surface area contributed by atoms with Crippen LogP contribution in [0.2, 0.25) is 0 Å². The average Bonchev–Trinajstić information content (AvgIpc) is 3.20. The Labute approximate surface area is 139 Å². The maximum atomic E-state index is 12.0. The highest BCUT2D eigenvalue weighted by Gasteiger charge is 2.11. The molecule has 3 rings (SSSR count). The van der Waals surface area contributed by atoms with E-state index in [1.807, 2.05) is 56.6 Å². The second kappa shape index (κ2) is 6.99. The van der Waals surface area contributed by atoms with Crippen molar-refractivity contribution >= 4 is 11.7 Å². The molecule has 24 heavy (non-hydrogen) atoms. The fraction of sp³-hybridized carbons (Fsp3) is 0.235. The van der Waals surface area contributed by atoms with Gasteiger partial charge in [0.2, 0.25) is 5.88 Å². The molecule has 1 amide bonds. The van der Waals surface area contributed by atoms with Crippen molar-refractivity contribution in [3.05, 3.63) is 54.4 Å². The zero-order chi connectivity index (χ0) is 16.9. The number of amides is 1. The Morgan fingerprint density at radius 3 is 2.71 bits per heavy atom. The predicted octanol–water partition coefficient (Wildman–Crippen LogP) is 2.41. The number of anilines is 1. The Morgan fingerprint density at radius 2 is 2.00 bits per heavy atom. The predicted molar refractivity (Wildman–Crippen MR) is 90.3 cm³/mol. The molecule has 0 saturated carbocycles. The molecule has 7 heteroatoms. The molecular formula is C17H19N5O2. The van der Waals surface area contributed by atoms with Crippen LogP contribution in [0.25, 0.3) is 5.69 Å². The summed E-state index contributed by atoms with van der Waals surface area (Å²) in [7, 11) is 0. The number of carbonyl (C=O) groups excluding carboxylic acids is 1. The summed E-state index contributed by atoms with van der Waals surface area (Å²) in [6.45, 7) is 4.50. The summed E-state index contributed by atoms with van der Waals surface area (Å²) in [5, 5.41) is 11.3. The minimum Gasteiger partial charge on any atom is -0.466 e. The van der Waals surface area contributed by atoms with Crippen molar-refractivity contribution < 1.29 is 9.53 Å². The van der Waals surface area contributed by atoms with Crippen molar-refractivity contribution in [2.45, 2.75) is 20.4 Å². The SMILES string of the molecule is CCn1ccc(NC(=O)COc2nn(-c3ccccc3)cc2C)n1. The first kappa shape index (κ1) is 15.8. The summed E-state index contributed by atoms with van der Waals surface area (Å²) < 4.78 is 8.99. The Balaban J connectivity index is 1.60. The lowest BCUT2D eigenvalue weighted by Crippen LogP contribution is -2.21. The van der Waals surface area contributed by atoms with E-state index in [2.05, 4.69) is 15.5 Å². The van der Waals surface area contributed by atoms with E-state index >= 15 is 0 Å². The molecule has 1 N–H and O–H groups in total. The van der Waals surface area contributed by atoms with E-state index in [0.717, 1.165) is 17.8 Å². The van der Waals surface area contributed by atoms with Crippen molar-refractivity contribution in [3.8, 4) is 11.6 Å². The molecule has 0 radical (unpaired) electrons. The van der Waals surface area contributed by atoms with E-state index in [4.69, 9.17) is 4.74 Å². The lowest BCUT2D eigenvalue weighted by Gasteiger charge is -2.04. The average molecular weight is 325 g/mol. The van der Waals surface area contributed by atoms with Crippen molar-refractivity contribution in [3.63, 3.8) is 0 Å². The number of ether oxygens (including phenoxy) is 1. The summed E-state index contributed by atoms with van der Waals surface area (Å²) in [5.41, 5.74) is 1.80. The molecule has 0 aliphatic heterocycles. The highest BCUT2D eigenvalue weighted by Crippen LogP contribution is 2.17. The standard InChI is InChI=1S/C17H19N5O2/c1-3-21-10-9-15(19-21)18-16(23)12-24-17-13(2)11-22(20-17)14-7-5-4-6-8-14/h4-11H,3,12H2,1-2H3,(H,18,19,23). The van der Waals surface area contributed by atoms with E-state index < -0.39 is 0 Å².